The van der Waals surface area contributed by atoms with Crippen molar-refractivity contribution >= 4 is 29.5 Å². The van der Waals surface area contributed by atoms with E-state index in [1.165, 1.54) is 0 Å². The van der Waals surface area contributed by atoms with Gasteiger partial charge < -0.3 is 15.2 Å². The zero-order valence-corrected chi connectivity index (χ0v) is 18.6. The second-order valence-corrected chi connectivity index (χ2v) is 8.33. The summed E-state index contributed by atoms with van der Waals surface area (Å²) in [5.74, 6) is -1.21. The lowest BCUT2D eigenvalue weighted by atomic mass is 10.1. The zero-order valence-electron chi connectivity index (χ0n) is 18.6. The molecular formula is C24H27N5O5. The van der Waals surface area contributed by atoms with E-state index >= 15 is 0 Å². The Bertz CT molecular complexity index is 1050. The number of carbonyl (C=O) groups excluding carboxylic acids is 2. The summed E-state index contributed by atoms with van der Waals surface area (Å²) in [7, 11) is 0. The van der Waals surface area contributed by atoms with Gasteiger partial charge in [0.2, 0.25) is 0 Å². The minimum atomic E-state index is -0.825. The highest BCUT2D eigenvalue weighted by atomic mass is 16.6. The number of cyclic esters (lactones) is 1. The molecule has 0 saturated carbocycles. The van der Waals surface area contributed by atoms with Crippen LogP contribution in [0.2, 0.25) is 0 Å². The number of carboxylic acids is 1. The summed E-state index contributed by atoms with van der Waals surface area (Å²) in [4.78, 5) is 41.2. The topological polar surface area (TPSA) is 126 Å². The number of amides is 2. The first-order valence-corrected chi connectivity index (χ1v) is 11.1. The average Bonchev–Trinajstić information content (AvgIpc) is 3.20. The molecule has 2 saturated heterocycles. The molecule has 0 spiro atoms. The quantitative estimate of drug-likeness (QED) is 0.418. The van der Waals surface area contributed by atoms with Gasteiger partial charge in [0.05, 0.1) is 13.1 Å². The summed E-state index contributed by atoms with van der Waals surface area (Å²) in [6.45, 7) is 3.85. The van der Waals surface area contributed by atoms with Crippen molar-refractivity contribution in [3.8, 4) is 0 Å². The lowest BCUT2D eigenvalue weighted by Crippen LogP contribution is -2.50. The third-order valence-electron chi connectivity index (χ3n) is 5.90. The molecular weight excluding hydrogens is 438 g/mol. The van der Waals surface area contributed by atoms with Gasteiger partial charge in [0.15, 0.2) is 0 Å². The standard InChI is InChI=1S/C24H27N5O5/c25-22(26-23(32)18-4-2-1-3-5-18)17-6-8-19(9-7-17)29-15-20(34-24(29)33)14-27-10-12-28(13-11-27)16-21(30)31/h1-9,20H,10-16H2,(H,30,31)(H2,25,26,32). The minimum absolute atomic E-state index is 0.0238. The van der Waals surface area contributed by atoms with Crippen LogP contribution in [0.25, 0.3) is 0 Å². The van der Waals surface area contributed by atoms with Crippen LogP contribution < -0.4 is 10.2 Å². The van der Waals surface area contributed by atoms with Crippen molar-refractivity contribution < 1.29 is 24.2 Å². The average molecular weight is 466 g/mol. The highest BCUT2D eigenvalue weighted by Gasteiger charge is 2.34. The van der Waals surface area contributed by atoms with Crippen LogP contribution in [0.4, 0.5) is 10.5 Å². The third kappa shape index (κ3) is 5.77. The van der Waals surface area contributed by atoms with Crippen molar-refractivity contribution in [2.24, 2.45) is 0 Å². The van der Waals surface area contributed by atoms with Crippen LogP contribution in [0.1, 0.15) is 15.9 Å². The molecule has 2 amide bonds. The number of rotatable bonds is 7. The smallest absolute Gasteiger partial charge is 0.414 e. The molecule has 3 N–H and O–H groups in total. The molecule has 2 fully saturated rings. The van der Waals surface area contributed by atoms with Gasteiger partial charge in [-0.1, -0.05) is 18.2 Å². The van der Waals surface area contributed by atoms with Crippen LogP contribution in [-0.4, -0.2) is 90.6 Å². The molecule has 34 heavy (non-hydrogen) atoms. The molecule has 2 aliphatic rings. The lowest BCUT2D eigenvalue weighted by Gasteiger charge is -2.34. The SMILES string of the molecule is N=C(NC(=O)c1ccccc1)c1ccc(N2CC(CN3CCN(CC(=O)O)CC3)OC2=O)cc1. The number of hydrogen-bond donors (Lipinski definition) is 3. The Morgan fingerprint density at radius 1 is 0.971 bits per heavy atom. The molecule has 2 aromatic carbocycles. The van der Waals surface area contributed by atoms with E-state index in [0.29, 0.717) is 43.0 Å². The molecule has 10 nitrogen and oxygen atoms in total. The fourth-order valence-corrected chi connectivity index (χ4v) is 4.09. The van der Waals surface area contributed by atoms with Crippen LogP contribution >= 0.6 is 0 Å². The van der Waals surface area contributed by atoms with Crippen LogP contribution in [0.15, 0.2) is 54.6 Å². The number of nitrogens with one attached hydrogen (secondary N) is 2. The maximum absolute atomic E-state index is 12.4. The maximum Gasteiger partial charge on any atom is 0.414 e. The van der Waals surface area contributed by atoms with Crippen molar-refractivity contribution in [1.82, 2.24) is 15.1 Å². The van der Waals surface area contributed by atoms with Gasteiger partial charge in [0.1, 0.15) is 11.9 Å². The molecule has 0 aliphatic carbocycles. The largest absolute Gasteiger partial charge is 0.480 e. The fraction of sp³-hybridized carbons (Fsp3) is 0.333. The van der Waals surface area contributed by atoms with E-state index in [1.54, 1.807) is 53.4 Å². The molecule has 0 radical (unpaired) electrons. The van der Waals surface area contributed by atoms with Crippen molar-refractivity contribution in [2.75, 3.05) is 50.7 Å². The normalized spacial score (nSPS) is 19.0. The predicted molar refractivity (Wildman–Crippen MR) is 125 cm³/mol. The number of amidine groups is 1. The van der Waals surface area contributed by atoms with Gasteiger partial charge in [-0.2, -0.15) is 0 Å². The number of carboxylic acid groups (broad SMARTS) is 1. The highest BCUT2D eigenvalue weighted by molar-refractivity contribution is 6.11. The summed E-state index contributed by atoms with van der Waals surface area (Å²) in [6.07, 6.45) is -0.698. The Labute approximate surface area is 197 Å². The molecule has 0 bridgehead atoms. The van der Waals surface area contributed by atoms with E-state index < -0.39 is 12.1 Å². The molecule has 1 unspecified atom stereocenters. The van der Waals surface area contributed by atoms with Crippen LogP contribution in [0, 0.1) is 5.41 Å². The van der Waals surface area contributed by atoms with E-state index in [2.05, 4.69) is 10.2 Å². The number of nitrogens with zero attached hydrogens (tertiary/aromatic N) is 3. The number of aliphatic carboxylic acids is 1. The van der Waals surface area contributed by atoms with Crippen LogP contribution in [-0.2, 0) is 9.53 Å². The molecule has 10 heteroatoms. The Morgan fingerprint density at radius 3 is 2.26 bits per heavy atom. The molecule has 2 aliphatic heterocycles. The van der Waals surface area contributed by atoms with Gasteiger partial charge in [-0.3, -0.25) is 29.7 Å². The van der Waals surface area contributed by atoms with Crippen LogP contribution in [0.3, 0.4) is 0 Å². The van der Waals surface area contributed by atoms with E-state index in [4.69, 9.17) is 15.3 Å². The van der Waals surface area contributed by atoms with Gasteiger partial charge in [-0.05, 0) is 36.4 Å². The van der Waals surface area contributed by atoms with E-state index in [9.17, 15) is 14.4 Å². The van der Waals surface area contributed by atoms with Crippen LogP contribution in [0.5, 0.6) is 0 Å². The van der Waals surface area contributed by atoms with Gasteiger partial charge in [-0.15, -0.1) is 0 Å². The summed E-state index contributed by atoms with van der Waals surface area (Å²) >= 11 is 0. The lowest BCUT2D eigenvalue weighted by molar-refractivity contribution is -0.138. The van der Waals surface area contributed by atoms with Crippen molar-refractivity contribution in [3.63, 3.8) is 0 Å². The second kappa shape index (κ2) is 10.4. The Hall–Kier alpha value is -3.76. The zero-order chi connectivity index (χ0) is 24.1. The first-order valence-electron chi connectivity index (χ1n) is 11.1. The summed E-state index contributed by atoms with van der Waals surface area (Å²) < 4.78 is 5.54. The molecule has 0 aromatic heterocycles. The van der Waals surface area contributed by atoms with Gasteiger partial charge in [0, 0.05) is 49.5 Å². The van der Waals surface area contributed by atoms with Gasteiger partial charge >= 0.3 is 12.1 Å². The minimum Gasteiger partial charge on any atom is -0.480 e. The number of ether oxygens (including phenoxy) is 1. The molecule has 178 valence electrons. The van der Waals surface area contributed by atoms with E-state index in [1.807, 2.05) is 11.0 Å². The third-order valence-corrected chi connectivity index (χ3v) is 5.90. The first kappa shape index (κ1) is 23.4. The van der Waals surface area contributed by atoms with E-state index in [-0.39, 0.29) is 24.4 Å². The summed E-state index contributed by atoms with van der Waals surface area (Å²) in [5.41, 5.74) is 1.65. The van der Waals surface area contributed by atoms with Gasteiger partial charge in [-0.25, -0.2) is 4.79 Å². The number of carbonyl (C=O) groups is 3. The van der Waals surface area contributed by atoms with Gasteiger partial charge in [0.25, 0.3) is 5.91 Å². The highest BCUT2D eigenvalue weighted by Crippen LogP contribution is 2.23. The van der Waals surface area contributed by atoms with Crippen molar-refractivity contribution in [3.05, 3.63) is 65.7 Å². The Balaban J connectivity index is 1.29. The molecule has 4 rings (SSSR count). The Kier molecular flexibility index (Phi) is 7.19. The first-order chi connectivity index (χ1) is 16.4. The molecule has 1 atom stereocenters. The summed E-state index contributed by atoms with van der Waals surface area (Å²) in [6, 6.07) is 15.5. The molecule has 2 aromatic rings. The number of anilines is 1. The second-order valence-electron chi connectivity index (χ2n) is 8.33. The van der Waals surface area contributed by atoms with E-state index in [0.717, 1.165) is 13.1 Å². The Morgan fingerprint density at radius 2 is 1.62 bits per heavy atom. The predicted octanol–water partition coefficient (Wildman–Crippen LogP) is 1.47. The van der Waals surface area contributed by atoms with Crippen molar-refractivity contribution in [2.45, 2.75) is 6.10 Å². The fourth-order valence-electron chi connectivity index (χ4n) is 4.09. The number of piperazine rings is 1. The molecule has 2 heterocycles. The summed E-state index contributed by atoms with van der Waals surface area (Å²) in [5, 5.41) is 19.7. The number of hydrogen-bond acceptors (Lipinski definition) is 7. The number of benzene rings is 2. The maximum atomic E-state index is 12.4. The monoisotopic (exact) mass is 465 g/mol. The van der Waals surface area contributed by atoms with Crippen molar-refractivity contribution in [1.29, 1.82) is 5.41 Å².